The number of thiazole rings is 1. The third-order valence-electron chi connectivity index (χ3n) is 5.91. The van der Waals surface area contributed by atoms with Crippen LogP contribution < -0.4 is 10.3 Å². The van der Waals surface area contributed by atoms with E-state index in [1.54, 1.807) is 29.2 Å². The number of fused-ring (bicyclic) bond motifs is 2. The predicted octanol–water partition coefficient (Wildman–Crippen LogP) is 4.37. The van der Waals surface area contributed by atoms with Crippen LogP contribution in [0.25, 0.3) is 21.2 Å². The van der Waals surface area contributed by atoms with Gasteiger partial charge in [-0.15, -0.1) is 12.4 Å². The molecular weight excluding hydrogens is 474 g/mol. The Balaban J connectivity index is 0.00000274. The van der Waals surface area contributed by atoms with Crippen LogP contribution in [0, 0.1) is 0 Å². The minimum absolute atomic E-state index is 0. The Labute approximate surface area is 207 Å². The van der Waals surface area contributed by atoms with Gasteiger partial charge in [0.25, 0.3) is 5.91 Å². The molecule has 0 spiro atoms. The van der Waals surface area contributed by atoms with Gasteiger partial charge in [-0.25, -0.2) is 4.98 Å². The maximum Gasteiger partial charge on any atom is 0.295 e. The maximum absolute atomic E-state index is 13.6. The molecule has 7 nitrogen and oxygen atoms in total. The zero-order chi connectivity index (χ0) is 22.8. The lowest BCUT2D eigenvalue weighted by Gasteiger charge is -2.29. The van der Waals surface area contributed by atoms with E-state index in [-0.39, 0.29) is 29.5 Å². The van der Waals surface area contributed by atoms with Gasteiger partial charge in [0.2, 0.25) is 0 Å². The summed E-state index contributed by atoms with van der Waals surface area (Å²) in [6, 6.07) is 14.4. The molecule has 1 saturated heterocycles. The molecule has 178 valence electrons. The van der Waals surface area contributed by atoms with E-state index in [1.165, 1.54) is 23.0 Å². The summed E-state index contributed by atoms with van der Waals surface area (Å²) in [5, 5.41) is 1.06. The lowest BCUT2D eigenvalue weighted by molar-refractivity contribution is 0.0390. The SMILES string of the molecule is CCc1ccc2nc(N(CCN3CCOCC3)C(=O)c3cc(=O)c4ccccc4o3)sc2c1.Cl. The van der Waals surface area contributed by atoms with Crippen molar-refractivity contribution in [3.8, 4) is 0 Å². The third kappa shape index (κ3) is 5.00. The van der Waals surface area contributed by atoms with Crippen LogP contribution in [0.2, 0.25) is 0 Å². The van der Waals surface area contributed by atoms with Crippen molar-refractivity contribution in [1.29, 1.82) is 0 Å². The van der Waals surface area contributed by atoms with Crippen molar-refractivity contribution < 1.29 is 13.9 Å². The van der Waals surface area contributed by atoms with Crippen LogP contribution >= 0.6 is 23.7 Å². The number of morpholine rings is 1. The second kappa shape index (κ2) is 10.7. The van der Waals surface area contributed by atoms with Gasteiger partial charge < -0.3 is 9.15 Å². The molecule has 0 aliphatic carbocycles. The highest BCUT2D eigenvalue weighted by Crippen LogP contribution is 2.31. The maximum atomic E-state index is 13.6. The van der Waals surface area contributed by atoms with Gasteiger partial charge in [0.15, 0.2) is 16.3 Å². The van der Waals surface area contributed by atoms with Crippen LogP contribution in [-0.2, 0) is 11.2 Å². The van der Waals surface area contributed by atoms with Gasteiger partial charge in [0.1, 0.15) is 5.58 Å². The summed E-state index contributed by atoms with van der Waals surface area (Å²) < 4.78 is 12.3. The lowest BCUT2D eigenvalue weighted by Crippen LogP contribution is -2.43. The number of para-hydroxylation sites is 1. The Morgan fingerprint density at radius 1 is 1.15 bits per heavy atom. The van der Waals surface area contributed by atoms with E-state index in [4.69, 9.17) is 14.1 Å². The summed E-state index contributed by atoms with van der Waals surface area (Å²) in [6.07, 6.45) is 0.936. The lowest BCUT2D eigenvalue weighted by atomic mass is 10.2. The van der Waals surface area contributed by atoms with Crippen LogP contribution in [0.5, 0.6) is 0 Å². The fourth-order valence-electron chi connectivity index (χ4n) is 3.98. The summed E-state index contributed by atoms with van der Waals surface area (Å²) in [5.41, 5.74) is 2.25. The topological polar surface area (TPSA) is 75.9 Å². The number of aryl methyl sites for hydroxylation is 1. The second-order valence-corrected chi connectivity index (χ2v) is 9.04. The van der Waals surface area contributed by atoms with Crippen molar-refractivity contribution in [2.24, 2.45) is 0 Å². The van der Waals surface area contributed by atoms with Crippen LogP contribution in [0.15, 0.2) is 57.7 Å². The van der Waals surface area contributed by atoms with Crippen LogP contribution in [0.3, 0.4) is 0 Å². The summed E-state index contributed by atoms with van der Waals surface area (Å²) in [7, 11) is 0. The van der Waals surface area contributed by atoms with Gasteiger partial charge >= 0.3 is 0 Å². The number of benzene rings is 2. The molecule has 3 heterocycles. The Morgan fingerprint density at radius 2 is 1.94 bits per heavy atom. The summed E-state index contributed by atoms with van der Waals surface area (Å²) >= 11 is 1.48. The van der Waals surface area contributed by atoms with E-state index in [9.17, 15) is 9.59 Å². The molecule has 1 amide bonds. The van der Waals surface area contributed by atoms with Crippen LogP contribution in [0.4, 0.5) is 5.13 Å². The quantitative estimate of drug-likeness (QED) is 0.392. The van der Waals surface area contributed by atoms with Gasteiger partial charge in [0.05, 0.1) is 28.8 Å². The smallest absolute Gasteiger partial charge is 0.295 e. The number of amides is 1. The highest BCUT2D eigenvalue weighted by atomic mass is 35.5. The fraction of sp³-hybridized carbons (Fsp3) is 0.320. The van der Waals surface area contributed by atoms with Crippen molar-refractivity contribution in [3.05, 3.63) is 70.1 Å². The molecule has 1 aliphatic heterocycles. The molecule has 5 rings (SSSR count). The molecule has 0 radical (unpaired) electrons. The van der Waals surface area contributed by atoms with Gasteiger partial charge in [-0.1, -0.05) is 36.5 Å². The zero-order valence-corrected chi connectivity index (χ0v) is 20.5. The minimum Gasteiger partial charge on any atom is -0.451 e. The number of ether oxygens (including phenoxy) is 1. The summed E-state index contributed by atoms with van der Waals surface area (Å²) in [5.74, 6) is -0.338. The van der Waals surface area contributed by atoms with E-state index >= 15 is 0 Å². The second-order valence-electron chi connectivity index (χ2n) is 8.03. The molecule has 2 aromatic heterocycles. The van der Waals surface area contributed by atoms with E-state index < -0.39 is 0 Å². The van der Waals surface area contributed by atoms with E-state index in [2.05, 4.69) is 24.0 Å². The standard InChI is InChI=1S/C25H25N3O4S.ClH/c1-2-17-7-8-19-23(15-17)33-25(26-19)28(10-9-27-11-13-31-14-12-27)24(30)22-16-20(29)18-5-3-4-6-21(18)32-22;/h3-8,15-16H,2,9-14H2,1H3;1H. The Morgan fingerprint density at radius 3 is 2.74 bits per heavy atom. The van der Waals surface area contributed by atoms with Crippen molar-refractivity contribution in [3.63, 3.8) is 0 Å². The molecule has 1 fully saturated rings. The monoisotopic (exact) mass is 499 g/mol. The minimum atomic E-state index is -0.360. The number of anilines is 1. The zero-order valence-electron chi connectivity index (χ0n) is 18.9. The summed E-state index contributed by atoms with van der Waals surface area (Å²) in [6.45, 7) is 6.27. The third-order valence-corrected chi connectivity index (χ3v) is 6.96. The van der Waals surface area contributed by atoms with E-state index in [0.29, 0.717) is 42.4 Å². The molecule has 0 atom stereocenters. The fourth-order valence-corrected chi connectivity index (χ4v) is 5.04. The largest absolute Gasteiger partial charge is 0.451 e. The molecule has 0 bridgehead atoms. The Bertz CT molecular complexity index is 1360. The van der Waals surface area contributed by atoms with Gasteiger partial charge in [-0.05, 0) is 36.2 Å². The average molecular weight is 500 g/mol. The van der Waals surface area contributed by atoms with Gasteiger partial charge in [-0.2, -0.15) is 0 Å². The molecule has 2 aromatic carbocycles. The first-order valence-corrected chi connectivity index (χ1v) is 12.0. The van der Waals surface area contributed by atoms with E-state index in [0.717, 1.165) is 29.7 Å². The molecule has 0 N–H and O–H groups in total. The Hall–Kier alpha value is -2.78. The summed E-state index contributed by atoms with van der Waals surface area (Å²) in [4.78, 5) is 34.9. The van der Waals surface area contributed by atoms with Gasteiger partial charge in [0, 0.05) is 32.2 Å². The predicted molar refractivity (Wildman–Crippen MR) is 138 cm³/mol. The first kappa shape index (κ1) is 24.3. The molecule has 0 saturated carbocycles. The molecule has 4 aromatic rings. The van der Waals surface area contributed by atoms with Crippen molar-refractivity contribution >= 4 is 56.0 Å². The first-order chi connectivity index (χ1) is 16.1. The van der Waals surface area contributed by atoms with E-state index in [1.807, 2.05) is 6.07 Å². The van der Waals surface area contributed by atoms with Crippen LogP contribution in [0.1, 0.15) is 23.0 Å². The first-order valence-electron chi connectivity index (χ1n) is 11.2. The van der Waals surface area contributed by atoms with Crippen molar-refractivity contribution in [1.82, 2.24) is 9.88 Å². The highest BCUT2D eigenvalue weighted by molar-refractivity contribution is 7.22. The average Bonchev–Trinajstić information content (AvgIpc) is 3.27. The number of aromatic nitrogens is 1. The number of rotatable bonds is 6. The van der Waals surface area contributed by atoms with Gasteiger partial charge in [-0.3, -0.25) is 19.4 Å². The molecule has 1 aliphatic rings. The number of halogens is 1. The molecule has 9 heteroatoms. The number of hydrogen-bond acceptors (Lipinski definition) is 7. The molecule has 0 unspecified atom stereocenters. The normalized spacial score (nSPS) is 14.3. The van der Waals surface area contributed by atoms with Crippen molar-refractivity contribution in [2.45, 2.75) is 13.3 Å². The van der Waals surface area contributed by atoms with Crippen LogP contribution in [-0.4, -0.2) is 55.2 Å². The number of hydrogen-bond donors (Lipinski definition) is 0. The molecular formula is C25H26ClN3O4S. The van der Waals surface area contributed by atoms with Crippen molar-refractivity contribution in [2.75, 3.05) is 44.3 Å². The number of carbonyl (C=O) groups excluding carboxylic acids is 1. The molecule has 34 heavy (non-hydrogen) atoms. The number of carbonyl (C=O) groups is 1. The highest BCUT2D eigenvalue weighted by Gasteiger charge is 2.25. The Kier molecular flexibility index (Phi) is 7.63. The number of nitrogens with zero attached hydrogens (tertiary/aromatic N) is 3.